The van der Waals surface area contributed by atoms with Crippen molar-refractivity contribution in [2.24, 2.45) is 5.73 Å². The third-order valence-electron chi connectivity index (χ3n) is 4.31. The van der Waals surface area contributed by atoms with Gasteiger partial charge in [0.2, 0.25) is 11.8 Å². The van der Waals surface area contributed by atoms with E-state index in [1.54, 1.807) is 12.2 Å². The van der Waals surface area contributed by atoms with Crippen molar-refractivity contribution in [2.75, 3.05) is 39.8 Å². The van der Waals surface area contributed by atoms with Gasteiger partial charge in [-0.2, -0.15) is 0 Å². The van der Waals surface area contributed by atoms with Crippen molar-refractivity contribution in [3.8, 4) is 0 Å². The molecule has 0 bridgehead atoms. The molecular weight excluding hydrogens is 1260 g/mol. The molecule has 0 fully saturated rings. The molecular formula is C34H58I5N4O4V2. The second-order valence-corrected chi connectivity index (χ2v) is 55.1. The number of nitrogens with one attached hydrogen (secondary N) is 3. The summed E-state index contributed by atoms with van der Waals surface area (Å²) < 4.78 is 4.14. The fourth-order valence-electron chi connectivity index (χ4n) is 2.20. The number of halogens is 5. The average Bonchev–Trinajstić information content (AvgIpc) is 3.67. The normalized spacial score (nSPS) is 10.4. The molecule has 8 nitrogen and oxygen atoms in total. The van der Waals surface area contributed by atoms with Crippen LogP contribution in [0.5, 0.6) is 0 Å². The number of amides is 2. The van der Waals surface area contributed by atoms with Crippen LogP contribution in [0.25, 0.3) is 6.08 Å². The van der Waals surface area contributed by atoms with Gasteiger partial charge in [0.15, 0.2) is 0 Å². The van der Waals surface area contributed by atoms with Crippen molar-refractivity contribution in [1.29, 1.82) is 0 Å². The minimum absolute atomic E-state index is 0. The number of nitrogens with two attached hydrogens (primary N) is 1. The molecule has 0 aromatic heterocycles. The van der Waals surface area contributed by atoms with Crippen LogP contribution in [0.1, 0.15) is 53.0 Å². The summed E-state index contributed by atoms with van der Waals surface area (Å²) in [5.41, 5.74) is 6.31. The maximum atomic E-state index is 10.6. The number of carbonyl (C=O) groups is 3. The standard InChI is InChI=1S/C8H8.C7H11NO.C5H7NO.C4H7N.C4H11N.C4H6O2.2CH4.5HI.2V/c1-2-8-6-4-3-5-7-8;1-3-5-7(9)8-6-4-2;7-5-3-1-2-4-6-5;1-2-4-5-3-1;1-2-3-4-5;1-3-4(5)6-2;;;;;;;;;/h2-7H,1H2;3-4H,1-2,5-6H2,(H,8,9);1-2H,3-4H2,(H,6,7);1-2,5H,3-4H2;2-5H2,1H3;3H,1H2,2H3;2*1H4;5*1H;;/q;;;;;;;;;;;;;+2;+3/p-5. The second-order valence-electron chi connectivity index (χ2n) is 7.93. The number of hydrogen-bond acceptors (Lipinski definition) is 6. The number of methoxy groups -OCH3 is 1. The van der Waals surface area contributed by atoms with Gasteiger partial charge in [-0.05, 0) is 18.5 Å². The van der Waals surface area contributed by atoms with Gasteiger partial charge in [-0.15, -0.1) is 13.2 Å². The summed E-state index contributed by atoms with van der Waals surface area (Å²) in [5, 5.41) is 8.37. The first-order valence-electron chi connectivity index (χ1n) is 14.0. The van der Waals surface area contributed by atoms with Crippen LogP contribution < -0.4 is 21.7 Å². The van der Waals surface area contributed by atoms with Crippen molar-refractivity contribution in [1.82, 2.24) is 16.0 Å². The summed E-state index contributed by atoms with van der Waals surface area (Å²) in [4.78, 5) is 30.4. The first-order valence-corrected chi connectivity index (χ1v) is 36.6. The molecule has 15 heteroatoms. The number of unbranched alkanes of at least 4 members (excludes halogenated alkanes) is 1. The fraction of sp³-hybridized carbons (Fsp3) is 0.382. The zero-order chi connectivity index (χ0) is 37.0. The molecule has 283 valence electrons. The molecule has 0 atom stereocenters. The van der Waals surface area contributed by atoms with Gasteiger partial charge in [0.1, 0.15) is 0 Å². The predicted molar refractivity (Wildman–Crippen MR) is 253 cm³/mol. The molecule has 2 heterocycles. The van der Waals surface area contributed by atoms with Gasteiger partial charge in [0, 0.05) is 45.1 Å². The van der Waals surface area contributed by atoms with Gasteiger partial charge in [-0.25, -0.2) is 4.79 Å². The SMILES string of the molecule is C.C.C1=CCNC1.C=CC(=O)OC.C=CCNC(=O)CC=C.C=Cc1ccccc1.CCCCN.O=C1CC=CCN1.[I][V]([I])[I].[I][V][I]. The topological polar surface area (TPSA) is 123 Å². The minimum atomic E-state index is -0.394. The van der Waals surface area contributed by atoms with E-state index in [0.29, 0.717) is 35.4 Å². The van der Waals surface area contributed by atoms with Crippen molar-refractivity contribution < 1.29 is 33.5 Å². The van der Waals surface area contributed by atoms with Gasteiger partial charge >= 0.3 is 120 Å². The maximum absolute atomic E-state index is 10.6. The Kier molecular flexibility index (Phi) is 80.4. The molecule has 0 unspecified atom stereocenters. The van der Waals surface area contributed by atoms with Gasteiger partial charge in [0.05, 0.1) is 7.11 Å². The average molecular weight is 1320 g/mol. The van der Waals surface area contributed by atoms with E-state index in [9.17, 15) is 14.4 Å². The number of rotatable bonds is 8. The molecule has 3 rings (SSSR count). The van der Waals surface area contributed by atoms with Crippen LogP contribution in [0.2, 0.25) is 0 Å². The number of esters is 1. The Balaban J connectivity index is -0.0000000834. The van der Waals surface area contributed by atoms with E-state index in [0.717, 1.165) is 25.7 Å². The Morgan fingerprint density at radius 1 is 0.980 bits per heavy atom. The number of carbonyl (C=O) groups excluding carboxylic acids is 3. The zero-order valence-corrected chi connectivity index (χ0v) is 40.8. The monoisotopic (exact) mass is 1320 g/mol. The van der Waals surface area contributed by atoms with Gasteiger partial charge < -0.3 is 26.4 Å². The molecule has 0 saturated heterocycles. The summed E-state index contributed by atoms with van der Waals surface area (Å²) in [7, 11) is 1.94. The second kappa shape index (κ2) is 60.9. The quantitative estimate of drug-likeness (QED) is 0.0891. The van der Waals surface area contributed by atoms with Crippen molar-refractivity contribution in [2.45, 2.75) is 47.5 Å². The van der Waals surface area contributed by atoms with Crippen LogP contribution >= 0.6 is 99.9 Å². The Labute approximate surface area is 365 Å². The Bertz CT molecular complexity index is 949. The molecule has 2 amide bonds. The van der Waals surface area contributed by atoms with Crippen LogP contribution in [-0.2, 0) is 33.5 Å². The van der Waals surface area contributed by atoms with Crippen molar-refractivity contribution in [3.05, 3.63) is 105 Å². The molecule has 1 aromatic rings. The van der Waals surface area contributed by atoms with Crippen LogP contribution in [0.4, 0.5) is 0 Å². The van der Waals surface area contributed by atoms with Crippen molar-refractivity contribution >= 4 is 124 Å². The molecule has 0 spiro atoms. The first kappa shape index (κ1) is 64.7. The Hall–Kier alpha value is 0.809. The van der Waals surface area contributed by atoms with Crippen LogP contribution in [-0.4, -0.2) is 57.6 Å². The molecule has 2 aliphatic rings. The first-order chi connectivity index (χ1) is 22.5. The van der Waals surface area contributed by atoms with E-state index >= 15 is 0 Å². The van der Waals surface area contributed by atoms with E-state index in [4.69, 9.17) is 5.73 Å². The van der Waals surface area contributed by atoms with E-state index < -0.39 is 5.97 Å². The summed E-state index contributed by atoms with van der Waals surface area (Å²) in [6.07, 6.45) is 17.5. The zero-order valence-electron chi connectivity index (χ0n) is 27.2. The number of benzene rings is 1. The van der Waals surface area contributed by atoms with Gasteiger partial charge in [-0.3, -0.25) is 9.59 Å². The number of ether oxygens (including phenoxy) is 1. The summed E-state index contributed by atoms with van der Waals surface area (Å²) in [6.45, 7) is 20.0. The van der Waals surface area contributed by atoms with Crippen LogP contribution in [0.15, 0.2) is 99.2 Å². The van der Waals surface area contributed by atoms with E-state index in [1.807, 2.05) is 48.6 Å². The van der Waals surface area contributed by atoms with Crippen molar-refractivity contribution in [3.63, 3.8) is 0 Å². The van der Waals surface area contributed by atoms with E-state index in [1.165, 1.54) is 25.5 Å². The predicted octanol–water partition coefficient (Wildman–Crippen LogP) is 10.2. The molecule has 5 N–H and O–H groups in total. The van der Waals surface area contributed by atoms with Gasteiger partial charge in [-0.1, -0.05) is 114 Å². The molecule has 0 saturated carbocycles. The summed E-state index contributed by atoms with van der Waals surface area (Å²) >= 11 is 12.1. The van der Waals surface area contributed by atoms with E-state index in [-0.39, 0.29) is 31.6 Å². The molecule has 1 aromatic carbocycles. The molecule has 49 heavy (non-hydrogen) atoms. The summed E-state index contributed by atoms with van der Waals surface area (Å²) in [6, 6.07) is 10.0. The molecule has 2 aliphatic heterocycles. The number of hydrogen-bond donors (Lipinski definition) is 4. The summed E-state index contributed by atoms with van der Waals surface area (Å²) in [5.74, 6) is -0.276. The molecule has 0 aliphatic carbocycles. The van der Waals surface area contributed by atoms with Crippen LogP contribution in [0, 0.1) is 0 Å². The third-order valence-corrected chi connectivity index (χ3v) is 4.31. The molecule has 0 radical (unpaired) electrons. The fourth-order valence-corrected chi connectivity index (χ4v) is 2.20. The Morgan fingerprint density at radius 3 is 1.69 bits per heavy atom. The van der Waals surface area contributed by atoms with Gasteiger partial charge in [0.25, 0.3) is 0 Å². The Morgan fingerprint density at radius 2 is 1.49 bits per heavy atom. The van der Waals surface area contributed by atoms with E-state index in [2.05, 4.69) is 166 Å². The van der Waals surface area contributed by atoms with Crippen LogP contribution in [0.3, 0.4) is 0 Å². The third kappa shape index (κ3) is 78.9.